The van der Waals surface area contributed by atoms with Crippen molar-refractivity contribution in [1.29, 1.82) is 0 Å². The summed E-state index contributed by atoms with van der Waals surface area (Å²) in [7, 11) is -3.45. The van der Waals surface area contributed by atoms with Gasteiger partial charge in [0.2, 0.25) is 10.0 Å². The van der Waals surface area contributed by atoms with Crippen LogP contribution < -0.4 is 0 Å². The maximum absolute atomic E-state index is 12.5. The molecule has 1 saturated heterocycles. The molecule has 4 heteroatoms. The van der Waals surface area contributed by atoms with E-state index in [4.69, 9.17) is 6.42 Å². The summed E-state index contributed by atoms with van der Waals surface area (Å²) in [4.78, 5) is 0.324. The average molecular weight is 277 g/mol. The number of hydrogen-bond acceptors (Lipinski definition) is 2. The molecule has 1 fully saturated rings. The van der Waals surface area contributed by atoms with Crippen molar-refractivity contribution in [2.75, 3.05) is 0 Å². The number of hydrogen-bond donors (Lipinski definition) is 0. The van der Waals surface area contributed by atoms with Crippen LogP contribution in [0.1, 0.15) is 25.8 Å². The van der Waals surface area contributed by atoms with Gasteiger partial charge in [-0.25, -0.2) is 8.42 Å². The zero-order valence-electron chi connectivity index (χ0n) is 11.5. The van der Waals surface area contributed by atoms with Gasteiger partial charge in [-0.15, -0.1) is 6.42 Å². The van der Waals surface area contributed by atoms with Gasteiger partial charge in [0.05, 0.1) is 10.9 Å². The van der Waals surface area contributed by atoms with Gasteiger partial charge in [-0.1, -0.05) is 37.5 Å². The van der Waals surface area contributed by atoms with Gasteiger partial charge in [-0.2, -0.15) is 4.31 Å². The molecule has 0 saturated carbocycles. The molecule has 0 bridgehead atoms. The molecule has 1 aromatic carbocycles. The van der Waals surface area contributed by atoms with E-state index in [2.05, 4.69) is 19.8 Å². The summed E-state index contributed by atoms with van der Waals surface area (Å²) in [6.07, 6.45) is 6.24. The van der Waals surface area contributed by atoms with Crippen LogP contribution in [0.15, 0.2) is 29.2 Å². The summed E-state index contributed by atoms with van der Waals surface area (Å²) >= 11 is 0. The molecule has 3 nitrogen and oxygen atoms in total. The van der Waals surface area contributed by atoms with E-state index in [9.17, 15) is 8.42 Å². The fraction of sp³-hybridized carbons (Fsp3) is 0.467. The van der Waals surface area contributed by atoms with Crippen LogP contribution in [0.4, 0.5) is 0 Å². The molecule has 0 N–H and O–H groups in total. The van der Waals surface area contributed by atoms with Gasteiger partial charge in [0.15, 0.2) is 0 Å². The molecule has 102 valence electrons. The minimum Gasteiger partial charge on any atom is -0.207 e. The molecule has 1 aliphatic heterocycles. The van der Waals surface area contributed by atoms with Gasteiger partial charge in [0.1, 0.15) is 6.04 Å². The minimum absolute atomic E-state index is 0.0451. The first-order valence-corrected chi connectivity index (χ1v) is 7.88. The van der Waals surface area contributed by atoms with Gasteiger partial charge < -0.3 is 0 Å². The first-order valence-electron chi connectivity index (χ1n) is 6.44. The lowest BCUT2D eigenvalue weighted by molar-refractivity contribution is 0.515. The number of sulfonamides is 1. The van der Waals surface area contributed by atoms with Crippen molar-refractivity contribution in [1.82, 2.24) is 4.31 Å². The first-order chi connectivity index (χ1) is 8.87. The summed E-state index contributed by atoms with van der Waals surface area (Å²) < 4.78 is 26.5. The second-order valence-electron chi connectivity index (χ2n) is 5.46. The van der Waals surface area contributed by atoms with Crippen LogP contribution in [-0.4, -0.2) is 24.8 Å². The first kappa shape index (κ1) is 14.1. The molecule has 1 heterocycles. The van der Waals surface area contributed by atoms with Crippen molar-refractivity contribution in [3.63, 3.8) is 0 Å². The lowest BCUT2D eigenvalue weighted by Crippen LogP contribution is -2.16. The largest absolute Gasteiger partial charge is 0.244 e. The van der Waals surface area contributed by atoms with Crippen molar-refractivity contribution in [2.45, 2.75) is 44.2 Å². The summed E-state index contributed by atoms with van der Waals surface area (Å²) in [6.45, 7) is 6.07. The Morgan fingerprint density at radius 2 is 1.89 bits per heavy atom. The van der Waals surface area contributed by atoms with Crippen LogP contribution in [-0.2, 0) is 10.0 Å². The number of rotatable bonds is 4. The molecule has 2 rings (SSSR count). The van der Waals surface area contributed by atoms with E-state index < -0.39 is 10.0 Å². The zero-order chi connectivity index (χ0) is 14.2. The maximum atomic E-state index is 12.5. The van der Waals surface area contributed by atoms with Crippen LogP contribution in [0.2, 0.25) is 0 Å². The quantitative estimate of drug-likeness (QED) is 0.626. The Morgan fingerprint density at radius 3 is 2.37 bits per heavy atom. The lowest BCUT2D eigenvalue weighted by atomic mass is 10.1. The normalized spacial score (nSPS) is 26.2. The Hall–Kier alpha value is -1.31. The minimum atomic E-state index is -3.45. The molecule has 0 radical (unpaired) electrons. The van der Waals surface area contributed by atoms with E-state index in [1.807, 2.05) is 6.92 Å². The predicted octanol–water partition coefficient (Wildman–Crippen LogP) is 2.42. The lowest BCUT2D eigenvalue weighted by Gasteiger charge is -2.07. The van der Waals surface area contributed by atoms with Crippen LogP contribution >= 0.6 is 0 Å². The molecule has 1 aromatic rings. The summed E-state index contributed by atoms with van der Waals surface area (Å²) in [6, 6.07) is 6.56. The monoisotopic (exact) mass is 277 g/mol. The van der Waals surface area contributed by atoms with E-state index in [0.29, 0.717) is 10.8 Å². The second-order valence-corrected chi connectivity index (χ2v) is 7.30. The molecule has 1 aliphatic rings. The van der Waals surface area contributed by atoms with E-state index in [-0.39, 0.29) is 12.1 Å². The number of nitrogens with zero attached hydrogens (tertiary/aromatic N) is 1. The predicted molar refractivity (Wildman–Crippen MR) is 76.1 cm³/mol. The van der Waals surface area contributed by atoms with E-state index in [1.54, 1.807) is 24.3 Å². The number of terminal acetylenes is 1. The molecule has 3 atom stereocenters. The second kappa shape index (κ2) is 4.99. The Balaban J connectivity index is 2.26. The van der Waals surface area contributed by atoms with Crippen molar-refractivity contribution in [3.8, 4) is 12.3 Å². The summed E-state index contributed by atoms with van der Waals surface area (Å²) in [5, 5.41) is 0. The molecule has 0 amide bonds. The standard InChI is InChI=1S/C15H19NO2S/c1-5-14-15(10-11(2)3)16(14)19(17,18)13-8-6-12(4)7-9-13/h1,6-9,11,14-15H,10H2,2-4H3/t14-,15+,16?/m0/s1. The third-order valence-corrected chi connectivity index (χ3v) is 5.28. The molecule has 1 unspecified atom stereocenters. The van der Waals surface area contributed by atoms with Crippen molar-refractivity contribution in [2.24, 2.45) is 5.92 Å². The van der Waals surface area contributed by atoms with E-state index in [1.165, 1.54) is 4.31 Å². The van der Waals surface area contributed by atoms with Crippen molar-refractivity contribution < 1.29 is 8.42 Å². The Labute approximate surface area is 115 Å². The van der Waals surface area contributed by atoms with Crippen molar-refractivity contribution >= 4 is 10.0 Å². The van der Waals surface area contributed by atoms with E-state index >= 15 is 0 Å². The van der Waals surface area contributed by atoms with Gasteiger partial charge in [0.25, 0.3) is 0 Å². The topological polar surface area (TPSA) is 37.1 Å². The Bertz CT molecular complexity index is 596. The fourth-order valence-corrected chi connectivity index (χ4v) is 4.04. The van der Waals surface area contributed by atoms with Crippen LogP contribution in [0.25, 0.3) is 0 Å². The van der Waals surface area contributed by atoms with Gasteiger partial charge >= 0.3 is 0 Å². The third-order valence-electron chi connectivity index (χ3n) is 3.36. The van der Waals surface area contributed by atoms with Gasteiger partial charge in [-0.3, -0.25) is 0 Å². The van der Waals surface area contributed by atoms with Crippen LogP contribution in [0.3, 0.4) is 0 Å². The highest BCUT2D eigenvalue weighted by atomic mass is 32.2. The van der Waals surface area contributed by atoms with E-state index in [0.717, 1.165) is 12.0 Å². The fourth-order valence-electron chi connectivity index (χ4n) is 2.32. The maximum Gasteiger partial charge on any atom is 0.244 e. The number of aryl methyl sites for hydroxylation is 1. The summed E-state index contributed by atoms with van der Waals surface area (Å²) in [5.41, 5.74) is 1.04. The molecule has 0 spiro atoms. The average Bonchev–Trinajstić information content (AvgIpc) is 3.02. The highest BCUT2D eigenvalue weighted by molar-refractivity contribution is 7.89. The Morgan fingerprint density at radius 1 is 1.32 bits per heavy atom. The highest BCUT2D eigenvalue weighted by Crippen LogP contribution is 2.39. The molecule has 19 heavy (non-hydrogen) atoms. The number of benzene rings is 1. The van der Waals surface area contributed by atoms with Gasteiger partial charge in [0, 0.05) is 0 Å². The van der Waals surface area contributed by atoms with Crippen LogP contribution in [0.5, 0.6) is 0 Å². The van der Waals surface area contributed by atoms with Crippen molar-refractivity contribution in [3.05, 3.63) is 29.8 Å². The molecular weight excluding hydrogens is 258 g/mol. The highest BCUT2D eigenvalue weighted by Gasteiger charge is 2.54. The zero-order valence-corrected chi connectivity index (χ0v) is 12.3. The van der Waals surface area contributed by atoms with Crippen LogP contribution in [0, 0.1) is 25.2 Å². The SMILES string of the molecule is C#C[C@H]1[C@@H](CC(C)C)N1S(=O)(=O)c1ccc(C)cc1. The molecule has 0 aromatic heterocycles. The smallest absolute Gasteiger partial charge is 0.207 e. The third kappa shape index (κ3) is 2.68. The van der Waals surface area contributed by atoms with Gasteiger partial charge in [-0.05, 0) is 31.4 Å². The molecular formula is C15H19NO2S. The molecule has 0 aliphatic carbocycles. The Kier molecular flexibility index (Phi) is 3.71. The summed E-state index contributed by atoms with van der Waals surface area (Å²) in [5.74, 6) is 3.01.